The average molecular weight is 204 g/mol. The van der Waals surface area contributed by atoms with Gasteiger partial charge in [0, 0.05) is 6.42 Å². The zero-order valence-corrected chi connectivity index (χ0v) is 9.93. The average Bonchev–Trinajstić information content (AvgIpc) is 2.16. The van der Waals surface area contributed by atoms with Crippen LogP contribution in [0.15, 0.2) is 16.8 Å². The summed E-state index contributed by atoms with van der Waals surface area (Å²) in [5.74, 6) is 7.32. The van der Waals surface area contributed by atoms with Gasteiger partial charge < -0.3 is 5.32 Å². The highest BCUT2D eigenvalue weighted by atomic mass is 15.0. The Morgan fingerprint density at radius 1 is 1.47 bits per heavy atom. The number of aliphatic imine (C=N–C) groups is 1. The van der Waals surface area contributed by atoms with Gasteiger partial charge in [-0.3, -0.25) is 4.99 Å². The first-order valence-corrected chi connectivity index (χ1v) is 5.74. The van der Waals surface area contributed by atoms with Gasteiger partial charge in [-0.2, -0.15) is 0 Å². The SMILES string of the molecule is CCCCCC#CC1=CC(C)N=C(C)N1. The molecule has 0 radical (unpaired) electrons. The highest BCUT2D eigenvalue weighted by Crippen LogP contribution is 2.03. The third-order valence-corrected chi connectivity index (χ3v) is 2.25. The van der Waals surface area contributed by atoms with Crippen LogP contribution in [-0.4, -0.2) is 11.9 Å². The number of allylic oxidation sites excluding steroid dienone is 1. The molecule has 15 heavy (non-hydrogen) atoms. The number of unbranched alkanes of at least 4 members (excludes halogenated alkanes) is 3. The second-order valence-corrected chi connectivity index (χ2v) is 3.92. The van der Waals surface area contributed by atoms with E-state index in [0.29, 0.717) is 0 Å². The highest BCUT2D eigenvalue weighted by molar-refractivity contribution is 5.83. The fourth-order valence-corrected chi connectivity index (χ4v) is 1.55. The molecule has 1 N–H and O–H groups in total. The minimum Gasteiger partial charge on any atom is -0.338 e. The Morgan fingerprint density at radius 3 is 2.93 bits per heavy atom. The fraction of sp³-hybridized carbons (Fsp3) is 0.615. The van der Waals surface area contributed by atoms with Gasteiger partial charge in [0.15, 0.2) is 0 Å². The minimum absolute atomic E-state index is 0.256. The lowest BCUT2D eigenvalue weighted by Crippen LogP contribution is -2.25. The van der Waals surface area contributed by atoms with E-state index in [9.17, 15) is 0 Å². The Kier molecular flexibility index (Phi) is 4.97. The van der Waals surface area contributed by atoms with Gasteiger partial charge in [-0.25, -0.2) is 0 Å². The molecule has 0 fully saturated rings. The zero-order chi connectivity index (χ0) is 11.1. The minimum atomic E-state index is 0.256. The first-order valence-electron chi connectivity index (χ1n) is 5.74. The molecular weight excluding hydrogens is 184 g/mol. The van der Waals surface area contributed by atoms with Gasteiger partial charge in [-0.05, 0) is 32.3 Å². The van der Waals surface area contributed by atoms with Crippen LogP contribution in [0.25, 0.3) is 0 Å². The molecule has 0 aromatic heterocycles. The van der Waals surface area contributed by atoms with Gasteiger partial charge in [0.1, 0.15) is 0 Å². The number of amidine groups is 1. The number of hydrogen-bond donors (Lipinski definition) is 1. The number of hydrogen-bond acceptors (Lipinski definition) is 2. The van der Waals surface area contributed by atoms with Crippen molar-refractivity contribution >= 4 is 5.84 Å². The maximum atomic E-state index is 4.35. The summed E-state index contributed by atoms with van der Waals surface area (Å²) < 4.78 is 0. The molecule has 1 atom stereocenters. The normalized spacial score (nSPS) is 19.5. The van der Waals surface area contributed by atoms with Gasteiger partial charge in [0.25, 0.3) is 0 Å². The van der Waals surface area contributed by atoms with Crippen LogP contribution < -0.4 is 5.32 Å². The van der Waals surface area contributed by atoms with Crippen LogP contribution in [0.5, 0.6) is 0 Å². The molecule has 0 bridgehead atoms. The Morgan fingerprint density at radius 2 is 2.27 bits per heavy atom. The van der Waals surface area contributed by atoms with Crippen molar-refractivity contribution in [1.29, 1.82) is 0 Å². The summed E-state index contributed by atoms with van der Waals surface area (Å²) in [6.45, 7) is 6.26. The maximum absolute atomic E-state index is 4.35. The van der Waals surface area contributed by atoms with Crippen molar-refractivity contribution in [2.45, 2.75) is 52.5 Å². The summed E-state index contributed by atoms with van der Waals surface area (Å²) in [7, 11) is 0. The molecule has 1 heterocycles. The van der Waals surface area contributed by atoms with Crippen LogP contribution in [0.3, 0.4) is 0 Å². The van der Waals surface area contributed by atoms with E-state index in [4.69, 9.17) is 0 Å². The van der Waals surface area contributed by atoms with E-state index in [2.05, 4.69) is 42.1 Å². The van der Waals surface area contributed by atoms with E-state index < -0.39 is 0 Å². The van der Waals surface area contributed by atoms with Crippen LogP contribution in [0.2, 0.25) is 0 Å². The standard InChI is InChI=1S/C13H20N2/c1-4-5-6-7-8-9-13-10-11(2)14-12(3)15-13/h10-11H,4-7H2,1-3H3,(H,14,15). The molecule has 1 unspecified atom stereocenters. The molecule has 2 heteroatoms. The molecule has 0 amide bonds. The second-order valence-electron chi connectivity index (χ2n) is 3.92. The van der Waals surface area contributed by atoms with Crippen molar-refractivity contribution in [2.24, 2.45) is 4.99 Å². The largest absolute Gasteiger partial charge is 0.338 e. The fourth-order valence-electron chi connectivity index (χ4n) is 1.55. The van der Waals surface area contributed by atoms with Crippen molar-refractivity contribution in [3.63, 3.8) is 0 Å². The lowest BCUT2D eigenvalue weighted by molar-refractivity contribution is 0.737. The second kappa shape index (κ2) is 6.29. The van der Waals surface area contributed by atoms with Gasteiger partial charge in [-0.15, -0.1) is 0 Å². The Labute approximate surface area is 92.9 Å². The Hall–Kier alpha value is -1.23. The lowest BCUT2D eigenvalue weighted by atomic mass is 10.2. The molecule has 1 aliphatic rings. The summed E-state index contributed by atoms with van der Waals surface area (Å²) in [4.78, 5) is 4.35. The van der Waals surface area contributed by atoms with E-state index in [0.717, 1.165) is 18.0 Å². The summed E-state index contributed by atoms with van der Waals surface area (Å²) in [6, 6.07) is 0.256. The van der Waals surface area contributed by atoms with Gasteiger partial charge >= 0.3 is 0 Å². The molecule has 1 rings (SSSR count). The van der Waals surface area contributed by atoms with Crippen molar-refractivity contribution in [3.8, 4) is 11.8 Å². The van der Waals surface area contributed by atoms with Crippen molar-refractivity contribution in [2.75, 3.05) is 0 Å². The summed E-state index contributed by atoms with van der Waals surface area (Å²) in [5, 5.41) is 3.18. The van der Waals surface area contributed by atoms with Crippen LogP contribution in [0, 0.1) is 11.8 Å². The van der Waals surface area contributed by atoms with E-state index in [1.807, 2.05) is 6.92 Å². The van der Waals surface area contributed by atoms with Gasteiger partial charge in [0.2, 0.25) is 0 Å². The monoisotopic (exact) mass is 204 g/mol. The van der Waals surface area contributed by atoms with E-state index >= 15 is 0 Å². The van der Waals surface area contributed by atoms with E-state index in [1.54, 1.807) is 0 Å². The van der Waals surface area contributed by atoms with Crippen molar-refractivity contribution < 1.29 is 0 Å². The Balaban J connectivity index is 2.38. The van der Waals surface area contributed by atoms with Crippen LogP contribution in [0.4, 0.5) is 0 Å². The van der Waals surface area contributed by atoms with E-state index in [-0.39, 0.29) is 6.04 Å². The molecule has 82 valence electrons. The van der Waals surface area contributed by atoms with E-state index in [1.165, 1.54) is 19.3 Å². The summed E-state index contributed by atoms with van der Waals surface area (Å²) >= 11 is 0. The van der Waals surface area contributed by atoms with Crippen LogP contribution in [-0.2, 0) is 0 Å². The third kappa shape index (κ3) is 4.69. The molecule has 0 saturated carbocycles. The molecule has 0 aliphatic carbocycles. The molecule has 2 nitrogen and oxygen atoms in total. The molecule has 0 spiro atoms. The predicted octanol–water partition coefficient (Wildman–Crippen LogP) is 2.86. The first kappa shape index (κ1) is 11.8. The molecule has 1 aliphatic heterocycles. The molecule has 0 aromatic rings. The van der Waals surface area contributed by atoms with Crippen molar-refractivity contribution in [1.82, 2.24) is 5.32 Å². The maximum Gasteiger partial charge on any atom is 0.0987 e. The molecule has 0 saturated heterocycles. The topological polar surface area (TPSA) is 24.4 Å². The van der Waals surface area contributed by atoms with Crippen LogP contribution >= 0.6 is 0 Å². The smallest absolute Gasteiger partial charge is 0.0987 e. The quantitative estimate of drug-likeness (QED) is 0.555. The lowest BCUT2D eigenvalue weighted by Gasteiger charge is -2.13. The highest BCUT2D eigenvalue weighted by Gasteiger charge is 2.05. The predicted molar refractivity (Wildman–Crippen MR) is 65.7 cm³/mol. The van der Waals surface area contributed by atoms with Crippen molar-refractivity contribution in [3.05, 3.63) is 11.8 Å². The molecule has 0 aromatic carbocycles. The number of nitrogens with one attached hydrogen (secondary N) is 1. The number of nitrogens with zero attached hydrogens (tertiary/aromatic N) is 1. The summed E-state index contributed by atoms with van der Waals surface area (Å²) in [5.41, 5.74) is 1.01. The van der Waals surface area contributed by atoms with Gasteiger partial charge in [0.05, 0.1) is 17.6 Å². The Bertz CT molecular complexity index is 315. The third-order valence-electron chi connectivity index (χ3n) is 2.25. The summed E-state index contributed by atoms with van der Waals surface area (Å²) in [6.07, 6.45) is 6.81. The molecular formula is C13H20N2. The number of rotatable bonds is 3. The zero-order valence-electron chi connectivity index (χ0n) is 9.93. The van der Waals surface area contributed by atoms with Crippen LogP contribution in [0.1, 0.15) is 46.5 Å². The first-order chi connectivity index (χ1) is 7.22. The van der Waals surface area contributed by atoms with Gasteiger partial charge in [-0.1, -0.05) is 25.7 Å².